The Bertz CT molecular complexity index is 549. The fourth-order valence-corrected chi connectivity index (χ4v) is 2.35. The number of urea groups is 1. The van der Waals surface area contributed by atoms with Crippen LogP contribution in [-0.2, 0) is 0 Å². The van der Waals surface area contributed by atoms with Crippen molar-refractivity contribution in [3.05, 3.63) is 29.6 Å². The number of rotatable bonds is 5. The van der Waals surface area contributed by atoms with Crippen LogP contribution in [0, 0.1) is 6.92 Å². The Kier molecular flexibility index (Phi) is 5.89. The van der Waals surface area contributed by atoms with Gasteiger partial charge >= 0.3 is 6.03 Å². The molecule has 1 aromatic rings. The maximum Gasteiger partial charge on any atom is 0.315 e. The molecule has 4 N–H and O–H groups in total. The molecule has 1 fully saturated rings. The molecular formula is C15H22N4O4. The Morgan fingerprint density at radius 3 is 2.91 bits per heavy atom. The molecule has 1 aliphatic heterocycles. The summed E-state index contributed by atoms with van der Waals surface area (Å²) in [5, 5.41) is 23.1. The predicted molar refractivity (Wildman–Crippen MR) is 82.9 cm³/mol. The SMILES string of the molecule is Cc1ccc(C(=O)N2CCC(NC(=O)NCC(O)CO)C2)cn1. The van der Waals surface area contributed by atoms with Gasteiger partial charge in [-0.1, -0.05) is 0 Å². The summed E-state index contributed by atoms with van der Waals surface area (Å²) in [6.45, 7) is 2.43. The first kappa shape index (κ1) is 17.2. The van der Waals surface area contributed by atoms with Gasteiger partial charge in [-0.15, -0.1) is 0 Å². The fraction of sp³-hybridized carbons (Fsp3) is 0.533. The van der Waals surface area contributed by atoms with E-state index in [1.165, 1.54) is 0 Å². The van der Waals surface area contributed by atoms with Gasteiger partial charge in [0.25, 0.3) is 5.91 Å². The molecule has 2 unspecified atom stereocenters. The van der Waals surface area contributed by atoms with Crippen LogP contribution in [0.15, 0.2) is 18.3 Å². The van der Waals surface area contributed by atoms with Gasteiger partial charge < -0.3 is 25.7 Å². The lowest BCUT2D eigenvalue weighted by molar-refractivity contribution is 0.0788. The van der Waals surface area contributed by atoms with Crippen molar-refractivity contribution in [2.24, 2.45) is 0 Å². The highest BCUT2D eigenvalue weighted by Crippen LogP contribution is 2.13. The third-order valence-corrected chi connectivity index (χ3v) is 3.68. The summed E-state index contributed by atoms with van der Waals surface area (Å²) in [5.41, 5.74) is 1.39. The van der Waals surface area contributed by atoms with Crippen molar-refractivity contribution in [1.82, 2.24) is 20.5 Å². The number of nitrogens with zero attached hydrogens (tertiary/aromatic N) is 2. The van der Waals surface area contributed by atoms with Crippen LogP contribution in [0.25, 0.3) is 0 Å². The van der Waals surface area contributed by atoms with Crippen LogP contribution in [0.1, 0.15) is 22.5 Å². The average Bonchev–Trinajstić information content (AvgIpc) is 3.01. The molecule has 0 bridgehead atoms. The van der Waals surface area contributed by atoms with Crippen molar-refractivity contribution >= 4 is 11.9 Å². The molecule has 8 heteroatoms. The summed E-state index contributed by atoms with van der Waals surface area (Å²) in [6, 6.07) is 2.98. The van der Waals surface area contributed by atoms with Crippen LogP contribution < -0.4 is 10.6 Å². The molecular weight excluding hydrogens is 300 g/mol. The molecule has 0 aliphatic carbocycles. The maximum atomic E-state index is 12.3. The highest BCUT2D eigenvalue weighted by Gasteiger charge is 2.28. The van der Waals surface area contributed by atoms with E-state index in [0.29, 0.717) is 25.1 Å². The van der Waals surface area contributed by atoms with E-state index in [4.69, 9.17) is 5.11 Å². The molecule has 2 atom stereocenters. The summed E-state index contributed by atoms with van der Waals surface area (Å²) >= 11 is 0. The molecule has 0 saturated carbocycles. The molecule has 1 aliphatic rings. The number of amides is 3. The summed E-state index contributed by atoms with van der Waals surface area (Å²) < 4.78 is 0. The van der Waals surface area contributed by atoms with E-state index >= 15 is 0 Å². The first-order valence-corrected chi connectivity index (χ1v) is 7.55. The molecule has 1 saturated heterocycles. The predicted octanol–water partition coefficient (Wildman–Crippen LogP) is -0.743. The molecule has 2 rings (SSSR count). The molecule has 0 aromatic carbocycles. The Balaban J connectivity index is 1.80. The Labute approximate surface area is 134 Å². The van der Waals surface area contributed by atoms with E-state index in [2.05, 4.69) is 15.6 Å². The van der Waals surface area contributed by atoms with Crippen LogP contribution in [-0.4, -0.2) is 70.4 Å². The second-order valence-electron chi connectivity index (χ2n) is 5.62. The summed E-state index contributed by atoms with van der Waals surface area (Å²) in [4.78, 5) is 29.8. The topological polar surface area (TPSA) is 115 Å². The summed E-state index contributed by atoms with van der Waals surface area (Å²) in [7, 11) is 0. The van der Waals surface area contributed by atoms with Crippen molar-refractivity contribution in [3.63, 3.8) is 0 Å². The van der Waals surface area contributed by atoms with Crippen molar-refractivity contribution in [2.75, 3.05) is 26.2 Å². The molecule has 3 amide bonds. The number of aliphatic hydroxyl groups is 2. The standard InChI is InChI=1S/C15H22N4O4/c1-10-2-3-11(6-16-10)14(22)19-5-4-12(8-19)18-15(23)17-7-13(21)9-20/h2-3,6,12-13,20-21H,4-5,7-9H2,1H3,(H2,17,18,23). The highest BCUT2D eigenvalue weighted by molar-refractivity contribution is 5.94. The molecule has 1 aromatic heterocycles. The van der Waals surface area contributed by atoms with E-state index < -0.39 is 18.7 Å². The van der Waals surface area contributed by atoms with Crippen molar-refractivity contribution in [3.8, 4) is 0 Å². The van der Waals surface area contributed by atoms with Crippen LogP contribution in [0.3, 0.4) is 0 Å². The lowest BCUT2D eigenvalue weighted by atomic mass is 10.2. The average molecular weight is 322 g/mol. The van der Waals surface area contributed by atoms with Crippen LogP contribution in [0.5, 0.6) is 0 Å². The van der Waals surface area contributed by atoms with Crippen molar-refractivity contribution in [2.45, 2.75) is 25.5 Å². The highest BCUT2D eigenvalue weighted by atomic mass is 16.3. The molecule has 126 valence electrons. The van der Waals surface area contributed by atoms with Gasteiger partial charge in [-0.3, -0.25) is 9.78 Å². The number of hydrogen-bond donors (Lipinski definition) is 4. The quantitative estimate of drug-likeness (QED) is 0.570. The molecule has 0 radical (unpaired) electrons. The first-order valence-electron chi connectivity index (χ1n) is 7.55. The van der Waals surface area contributed by atoms with Gasteiger partial charge in [-0.25, -0.2) is 4.79 Å². The van der Waals surface area contributed by atoms with E-state index in [1.54, 1.807) is 23.2 Å². The van der Waals surface area contributed by atoms with E-state index in [9.17, 15) is 14.7 Å². The zero-order valence-electron chi connectivity index (χ0n) is 13.0. The number of aromatic nitrogens is 1. The number of aliphatic hydroxyl groups excluding tert-OH is 2. The number of pyridine rings is 1. The van der Waals surface area contributed by atoms with Crippen molar-refractivity contribution in [1.29, 1.82) is 0 Å². The fourth-order valence-electron chi connectivity index (χ4n) is 2.35. The second kappa shape index (κ2) is 7.89. The van der Waals surface area contributed by atoms with Gasteiger partial charge in [-0.05, 0) is 25.5 Å². The third kappa shape index (κ3) is 4.90. The van der Waals surface area contributed by atoms with Crippen LogP contribution in [0.2, 0.25) is 0 Å². The third-order valence-electron chi connectivity index (χ3n) is 3.68. The number of carbonyl (C=O) groups excluding carboxylic acids is 2. The second-order valence-corrected chi connectivity index (χ2v) is 5.62. The Hall–Kier alpha value is -2.19. The van der Waals surface area contributed by atoms with Crippen LogP contribution >= 0.6 is 0 Å². The number of aryl methyl sites for hydroxylation is 1. The van der Waals surface area contributed by atoms with E-state index in [1.807, 2.05) is 6.92 Å². The minimum absolute atomic E-state index is 0.0211. The van der Waals surface area contributed by atoms with Gasteiger partial charge in [0.1, 0.15) is 0 Å². The minimum atomic E-state index is -0.976. The normalized spacial score (nSPS) is 18.6. The lowest BCUT2D eigenvalue weighted by Crippen LogP contribution is -2.46. The van der Waals surface area contributed by atoms with Gasteiger partial charge in [-0.2, -0.15) is 0 Å². The van der Waals surface area contributed by atoms with Gasteiger partial charge in [0, 0.05) is 37.6 Å². The first-order chi connectivity index (χ1) is 11.0. The van der Waals surface area contributed by atoms with E-state index in [0.717, 1.165) is 5.69 Å². The zero-order valence-corrected chi connectivity index (χ0v) is 13.0. The largest absolute Gasteiger partial charge is 0.394 e. The van der Waals surface area contributed by atoms with Crippen LogP contribution in [0.4, 0.5) is 4.79 Å². The maximum absolute atomic E-state index is 12.3. The molecule has 0 spiro atoms. The Morgan fingerprint density at radius 1 is 1.48 bits per heavy atom. The van der Waals surface area contributed by atoms with Gasteiger partial charge in [0.05, 0.1) is 18.3 Å². The number of carbonyl (C=O) groups is 2. The lowest BCUT2D eigenvalue weighted by Gasteiger charge is -2.17. The Morgan fingerprint density at radius 2 is 2.26 bits per heavy atom. The minimum Gasteiger partial charge on any atom is -0.394 e. The molecule has 8 nitrogen and oxygen atoms in total. The van der Waals surface area contributed by atoms with E-state index in [-0.39, 0.29) is 18.5 Å². The van der Waals surface area contributed by atoms with Crippen molar-refractivity contribution < 1.29 is 19.8 Å². The smallest absolute Gasteiger partial charge is 0.315 e. The number of hydrogen-bond acceptors (Lipinski definition) is 5. The summed E-state index contributed by atoms with van der Waals surface area (Å²) in [5.74, 6) is -0.0992. The number of likely N-dealkylation sites (tertiary alicyclic amines) is 1. The summed E-state index contributed by atoms with van der Waals surface area (Å²) in [6.07, 6.45) is 1.25. The number of nitrogens with one attached hydrogen (secondary N) is 2. The monoisotopic (exact) mass is 322 g/mol. The molecule has 2 heterocycles. The zero-order chi connectivity index (χ0) is 16.8. The van der Waals surface area contributed by atoms with Gasteiger partial charge in [0.2, 0.25) is 0 Å². The molecule has 23 heavy (non-hydrogen) atoms. The van der Waals surface area contributed by atoms with Gasteiger partial charge in [0.15, 0.2) is 0 Å².